The Kier molecular flexibility index (Phi) is 6.25. The van der Waals surface area contributed by atoms with Crippen molar-refractivity contribution in [3.8, 4) is 0 Å². The number of aliphatic hydroxyl groups is 1. The lowest BCUT2D eigenvalue weighted by Crippen LogP contribution is -3.00. The summed E-state index contributed by atoms with van der Waals surface area (Å²) in [6.45, 7) is 3.72. The maximum Gasteiger partial charge on any atom is 0.189 e. The van der Waals surface area contributed by atoms with Gasteiger partial charge in [0.05, 0.1) is 21.1 Å². The Bertz CT molecular complexity index is 163. The molecule has 0 saturated carbocycles. The van der Waals surface area contributed by atoms with Crippen LogP contribution in [0.1, 0.15) is 0 Å². The highest BCUT2D eigenvalue weighted by Gasteiger charge is 2.19. The van der Waals surface area contributed by atoms with Gasteiger partial charge in [-0.25, -0.2) is 0 Å². The van der Waals surface area contributed by atoms with E-state index >= 15 is 0 Å². The van der Waals surface area contributed by atoms with Crippen LogP contribution in [0.3, 0.4) is 0 Å². The molecule has 72 valence electrons. The Labute approximate surface area is 79.7 Å². The van der Waals surface area contributed by atoms with Crippen molar-refractivity contribution in [1.29, 1.82) is 0 Å². The van der Waals surface area contributed by atoms with Crippen LogP contribution in [0.15, 0.2) is 12.7 Å². The zero-order valence-corrected chi connectivity index (χ0v) is 8.51. The Hall–Kier alpha value is -0.380. The summed E-state index contributed by atoms with van der Waals surface area (Å²) in [7, 11) is 5.75. The van der Waals surface area contributed by atoms with E-state index in [1.54, 1.807) is 0 Å². The van der Waals surface area contributed by atoms with Gasteiger partial charge < -0.3 is 22.0 Å². The molecule has 1 atom stereocenters. The molecule has 3 nitrogen and oxygen atoms in total. The number of rotatable bonds is 4. The van der Waals surface area contributed by atoms with E-state index in [-0.39, 0.29) is 18.2 Å². The number of aliphatic hydroxyl groups excluding tert-OH is 1. The van der Waals surface area contributed by atoms with Crippen molar-refractivity contribution in [3.05, 3.63) is 12.7 Å². The molecule has 0 aromatic rings. The predicted octanol–water partition coefficient (Wildman–Crippen LogP) is -3.19. The maximum atomic E-state index is 10.8. The summed E-state index contributed by atoms with van der Waals surface area (Å²) >= 11 is 0. The molecule has 0 heterocycles. The Morgan fingerprint density at radius 2 is 2.00 bits per heavy atom. The van der Waals surface area contributed by atoms with Crippen LogP contribution < -0.4 is 12.4 Å². The molecule has 0 aliphatic carbocycles. The summed E-state index contributed by atoms with van der Waals surface area (Å²) in [4.78, 5) is 10.8. The molecule has 0 fully saturated rings. The third kappa shape index (κ3) is 6.34. The summed E-state index contributed by atoms with van der Waals surface area (Å²) in [5, 5.41) is 9.22. The van der Waals surface area contributed by atoms with Crippen molar-refractivity contribution in [1.82, 2.24) is 0 Å². The maximum absolute atomic E-state index is 10.8. The summed E-state index contributed by atoms with van der Waals surface area (Å²) in [6.07, 6.45) is 0.243. The van der Waals surface area contributed by atoms with Gasteiger partial charge in [0.25, 0.3) is 0 Å². The summed E-state index contributed by atoms with van der Waals surface area (Å²) < 4.78 is 0.570. The zero-order chi connectivity index (χ0) is 9.07. The lowest BCUT2D eigenvalue weighted by molar-refractivity contribution is -0.872. The minimum Gasteiger partial charge on any atom is -1.00 e. The van der Waals surface area contributed by atoms with E-state index < -0.39 is 6.10 Å². The number of halogens is 1. The van der Waals surface area contributed by atoms with E-state index in [4.69, 9.17) is 0 Å². The average Bonchev–Trinajstić information content (AvgIpc) is 1.82. The van der Waals surface area contributed by atoms with Gasteiger partial charge in [0.1, 0.15) is 6.54 Å². The third-order valence-corrected chi connectivity index (χ3v) is 1.25. The monoisotopic (exact) mass is 193 g/mol. The molecule has 0 spiro atoms. The second-order valence-corrected chi connectivity index (χ2v) is 3.60. The van der Waals surface area contributed by atoms with Gasteiger partial charge in [-0.1, -0.05) is 6.58 Å². The van der Waals surface area contributed by atoms with Crippen LogP contribution in [0.4, 0.5) is 0 Å². The van der Waals surface area contributed by atoms with Crippen LogP contribution in [-0.2, 0) is 4.79 Å². The van der Waals surface area contributed by atoms with Crippen LogP contribution in [-0.4, -0.2) is 49.2 Å². The first-order valence-electron chi connectivity index (χ1n) is 3.51. The fraction of sp³-hybridized carbons (Fsp3) is 0.625. The van der Waals surface area contributed by atoms with Gasteiger partial charge in [0, 0.05) is 0 Å². The molecular formula is C8H16ClNO2. The molecule has 0 saturated heterocycles. The van der Waals surface area contributed by atoms with Gasteiger partial charge in [0.2, 0.25) is 0 Å². The van der Waals surface area contributed by atoms with Crippen LogP contribution in [0.5, 0.6) is 0 Å². The van der Waals surface area contributed by atoms with Crippen molar-refractivity contribution in [2.24, 2.45) is 0 Å². The minimum atomic E-state index is -0.910. The lowest BCUT2D eigenvalue weighted by atomic mass is 10.2. The molecule has 0 radical (unpaired) electrons. The van der Waals surface area contributed by atoms with Crippen molar-refractivity contribution in [2.45, 2.75) is 6.10 Å². The molecule has 0 aliphatic heterocycles. The molecule has 1 unspecified atom stereocenters. The van der Waals surface area contributed by atoms with Crippen molar-refractivity contribution < 1.29 is 26.8 Å². The van der Waals surface area contributed by atoms with Crippen molar-refractivity contribution >= 4 is 5.78 Å². The number of ketones is 1. The molecule has 0 aliphatic rings. The molecule has 1 N–H and O–H groups in total. The van der Waals surface area contributed by atoms with Gasteiger partial charge >= 0.3 is 0 Å². The molecule has 4 heteroatoms. The number of quaternary nitrogens is 1. The van der Waals surface area contributed by atoms with Crippen molar-refractivity contribution in [2.75, 3.05) is 27.7 Å². The van der Waals surface area contributed by atoms with Gasteiger partial charge in [-0.15, -0.1) is 0 Å². The van der Waals surface area contributed by atoms with Crippen LogP contribution in [0.2, 0.25) is 0 Å². The molecule has 0 rings (SSSR count). The number of likely N-dealkylation sites (N-methyl/N-ethyl adjacent to an activating group) is 1. The molecule has 0 amide bonds. The largest absolute Gasteiger partial charge is 1.00 e. The molecular weight excluding hydrogens is 178 g/mol. The van der Waals surface area contributed by atoms with Gasteiger partial charge in [0.15, 0.2) is 11.9 Å². The zero-order valence-electron chi connectivity index (χ0n) is 7.75. The van der Waals surface area contributed by atoms with E-state index in [1.807, 2.05) is 21.1 Å². The Balaban J connectivity index is 0. The number of hydrogen-bond donors (Lipinski definition) is 1. The average molecular weight is 194 g/mol. The molecule has 12 heavy (non-hydrogen) atoms. The smallest absolute Gasteiger partial charge is 0.189 e. The Morgan fingerprint density at radius 1 is 1.58 bits per heavy atom. The topological polar surface area (TPSA) is 37.3 Å². The number of hydrogen-bond acceptors (Lipinski definition) is 2. The normalized spacial score (nSPS) is 13.0. The van der Waals surface area contributed by atoms with E-state index in [9.17, 15) is 9.90 Å². The van der Waals surface area contributed by atoms with E-state index in [2.05, 4.69) is 6.58 Å². The van der Waals surface area contributed by atoms with E-state index in [0.29, 0.717) is 11.0 Å². The van der Waals surface area contributed by atoms with Crippen LogP contribution >= 0.6 is 0 Å². The number of carbonyl (C=O) groups excluding carboxylic acids is 1. The first-order chi connectivity index (χ1) is 4.87. The highest BCUT2D eigenvalue weighted by Crippen LogP contribution is 1.96. The SMILES string of the molecule is C=CC(=O)C(O)C[N+](C)(C)C.[Cl-]. The predicted molar refractivity (Wildman–Crippen MR) is 44.1 cm³/mol. The molecule has 0 aromatic carbocycles. The van der Waals surface area contributed by atoms with Crippen LogP contribution in [0, 0.1) is 0 Å². The lowest BCUT2D eigenvalue weighted by Gasteiger charge is -2.25. The summed E-state index contributed by atoms with van der Waals surface area (Å²) in [5.41, 5.74) is 0. The Morgan fingerprint density at radius 3 is 2.25 bits per heavy atom. The third-order valence-electron chi connectivity index (χ3n) is 1.25. The molecule has 0 aromatic heterocycles. The standard InChI is InChI=1S/C8H16NO2.ClH/c1-5-7(10)8(11)6-9(2,3)4;/h5,8,11H,1,6H2,2-4H3;1H/q+1;/p-1. The van der Waals surface area contributed by atoms with Gasteiger partial charge in [-0.3, -0.25) is 4.79 Å². The first-order valence-corrected chi connectivity index (χ1v) is 3.51. The van der Waals surface area contributed by atoms with E-state index in [0.717, 1.165) is 6.08 Å². The molecule has 0 bridgehead atoms. The number of carbonyl (C=O) groups is 1. The minimum absolute atomic E-state index is 0. The second-order valence-electron chi connectivity index (χ2n) is 3.60. The quantitative estimate of drug-likeness (QED) is 0.378. The summed E-state index contributed by atoms with van der Waals surface area (Å²) in [6, 6.07) is 0. The first kappa shape index (κ1) is 14.2. The van der Waals surface area contributed by atoms with Gasteiger partial charge in [-0.2, -0.15) is 0 Å². The number of nitrogens with zero attached hydrogens (tertiary/aromatic N) is 1. The van der Waals surface area contributed by atoms with Crippen molar-refractivity contribution in [3.63, 3.8) is 0 Å². The summed E-state index contributed by atoms with van der Waals surface area (Å²) in [5.74, 6) is -0.307. The van der Waals surface area contributed by atoms with Crippen LogP contribution in [0.25, 0.3) is 0 Å². The fourth-order valence-electron chi connectivity index (χ4n) is 0.745. The van der Waals surface area contributed by atoms with E-state index in [1.165, 1.54) is 0 Å². The van der Waals surface area contributed by atoms with Gasteiger partial charge in [-0.05, 0) is 6.08 Å². The highest BCUT2D eigenvalue weighted by atomic mass is 35.5. The highest BCUT2D eigenvalue weighted by molar-refractivity contribution is 5.92. The fourth-order valence-corrected chi connectivity index (χ4v) is 0.745. The second kappa shape index (κ2) is 5.30.